The highest BCUT2D eigenvalue weighted by atomic mass is 32.2. The Labute approximate surface area is 216 Å². The van der Waals surface area contributed by atoms with Gasteiger partial charge >= 0.3 is 0 Å². The molecule has 0 aromatic carbocycles. The van der Waals surface area contributed by atoms with E-state index in [1.807, 2.05) is 0 Å². The van der Waals surface area contributed by atoms with Gasteiger partial charge < -0.3 is 15.1 Å². The first-order chi connectivity index (χ1) is 17.0. The largest absolute Gasteiger partial charge is 0.356 e. The summed E-state index contributed by atoms with van der Waals surface area (Å²) in [6.45, 7) is 8.79. The fourth-order valence-electron chi connectivity index (χ4n) is 6.27. The van der Waals surface area contributed by atoms with Gasteiger partial charge in [-0.05, 0) is 67.9 Å². The third-order valence-corrected chi connectivity index (χ3v) is 9.41. The van der Waals surface area contributed by atoms with Gasteiger partial charge in [0.05, 0.1) is 4.90 Å². The van der Waals surface area contributed by atoms with Crippen molar-refractivity contribution in [1.29, 1.82) is 0 Å². The van der Waals surface area contributed by atoms with Crippen molar-refractivity contribution in [2.24, 2.45) is 23.7 Å². The molecule has 4 heterocycles. The van der Waals surface area contributed by atoms with Gasteiger partial charge in [0.25, 0.3) is 0 Å². The maximum Gasteiger partial charge on any atom is 0.223 e. The first-order valence-electron chi connectivity index (χ1n) is 13.5. The molecule has 1 aromatic rings. The van der Waals surface area contributed by atoms with Crippen molar-refractivity contribution >= 4 is 27.5 Å². The third kappa shape index (κ3) is 6.39. The smallest absolute Gasteiger partial charge is 0.223 e. The summed E-state index contributed by atoms with van der Waals surface area (Å²) in [6.07, 6.45) is 8.19. The fourth-order valence-corrected chi connectivity index (χ4v) is 6.83. The Morgan fingerprint density at radius 1 is 1.08 bits per heavy atom. The lowest BCUT2D eigenvalue weighted by atomic mass is 9.77. The summed E-state index contributed by atoms with van der Waals surface area (Å²) in [4.78, 5) is 35.3. The number of nitrogens with zero attached hydrogens (tertiary/aromatic N) is 3. The van der Waals surface area contributed by atoms with Gasteiger partial charge in [-0.1, -0.05) is 20.8 Å². The summed E-state index contributed by atoms with van der Waals surface area (Å²) < 4.78 is 23.7. The van der Waals surface area contributed by atoms with Crippen LogP contribution in [0.5, 0.6) is 0 Å². The number of sulfone groups is 1. The third-order valence-electron chi connectivity index (χ3n) is 8.31. The molecule has 0 radical (unpaired) electrons. The van der Waals surface area contributed by atoms with Crippen LogP contribution in [0.4, 0.5) is 5.82 Å². The second-order valence-corrected chi connectivity index (χ2v) is 13.7. The molecule has 2 amide bonds. The van der Waals surface area contributed by atoms with Crippen molar-refractivity contribution in [1.82, 2.24) is 15.2 Å². The first kappa shape index (κ1) is 26.9. The second kappa shape index (κ2) is 11.1. The molecular weight excluding hydrogens is 476 g/mol. The van der Waals surface area contributed by atoms with Crippen LogP contribution in [0, 0.1) is 23.7 Å². The monoisotopic (exact) mass is 518 g/mol. The van der Waals surface area contributed by atoms with Crippen LogP contribution in [0.2, 0.25) is 0 Å². The molecule has 0 unspecified atom stereocenters. The van der Waals surface area contributed by atoms with E-state index in [0.717, 1.165) is 57.6 Å². The van der Waals surface area contributed by atoms with E-state index in [9.17, 15) is 18.0 Å². The molecule has 4 rings (SSSR count). The molecule has 2 bridgehead atoms. The zero-order valence-corrected chi connectivity index (χ0v) is 23.0. The molecule has 36 heavy (non-hydrogen) atoms. The zero-order valence-electron chi connectivity index (χ0n) is 22.2. The molecule has 200 valence electrons. The Kier molecular flexibility index (Phi) is 8.27. The van der Waals surface area contributed by atoms with Gasteiger partial charge in [0.15, 0.2) is 9.84 Å². The van der Waals surface area contributed by atoms with Gasteiger partial charge in [-0.2, -0.15) is 0 Å². The number of hydrogen-bond acceptors (Lipinski definition) is 6. The minimum atomic E-state index is -3.28. The number of anilines is 1. The molecule has 0 saturated carbocycles. The average molecular weight is 519 g/mol. The van der Waals surface area contributed by atoms with Crippen molar-refractivity contribution in [3.8, 4) is 0 Å². The van der Waals surface area contributed by atoms with Crippen LogP contribution in [0.25, 0.3) is 0 Å². The number of pyridine rings is 1. The molecule has 5 atom stereocenters. The first-order valence-corrected chi connectivity index (χ1v) is 15.4. The van der Waals surface area contributed by atoms with Gasteiger partial charge in [-0.15, -0.1) is 0 Å². The number of nitrogens with one attached hydrogen (secondary N) is 1. The van der Waals surface area contributed by atoms with Crippen LogP contribution in [-0.2, 0) is 19.4 Å². The van der Waals surface area contributed by atoms with Gasteiger partial charge in [-0.3, -0.25) is 9.59 Å². The highest BCUT2D eigenvalue weighted by Gasteiger charge is 2.43. The van der Waals surface area contributed by atoms with E-state index in [1.165, 1.54) is 12.5 Å². The number of fused-ring (bicyclic) bond motifs is 4. The highest BCUT2D eigenvalue weighted by Crippen LogP contribution is 2.37. The predicted molar refractivity (Wildman–Crippen MR) is 140 cm³/mol. The Hall–Kier alpha value is -2.16. The summed E-state index contributed by atoms with van der Waals surface area (Å²) in [5.74, 6) is 2.49. The molecule has 3 fully saturated rings. The SMILES string of the molecule is CC(C)[C@@H]1CC[C@@H](C)CC(=O)N2C[C@H]3C[C@@H](CN(c4ccc(S(C)(=O)=O)cn4)C3)[C@@H]2CCCC(=O)N1. The van der Waals surface area contributed by atoms with E-state index in [2.05, 4.69) is 40.9 Å². The van der Waals surface area contributed by atoms with Crippen molar-refractivity contribution in [2.45, 2.75) is 82.7 Å². The average Bonchev–Trinajstić information content (AvgIpc) is 2.82. The van der Waals surface area contributed by atoms with Crippen LogP contribution < -0.4 is 10.2 Å². The van der Waals surface area contributed by atoms with Crippen LogP contribution in [-0.4, -0.2) is 68.1 Å². The quantitative estimate of drug-likeness (QED) is 0.659. The minimum absolute atomic E-state index is 0.118. The van der Waals surface area contributed by atoms with Crippen molar-refractivity contribution in [3.05, 3.63) is 18.3 Å². The maximum atomic E-state index is 13.5. The Morgan fingerprint density at radius 3 is 2.53 bits per heavy atom. The van der Waals surface area contributed by atoms with Crippen LogP contribution >= 0.6 is 0 Å². The van der Waals surface area contributed by atoms with E-state index in [4.69, 9.17) is 0 Å². The summed E-state index contributed by atoms with van der Waals surface area (Å²) in [5, 5.41) is 3.25. The number of amides is 2. The molecule has 0 aliphatic carbocycles. The summed E-state index contributed by atoms with van der Waals surface area (Å²) in [5.41, 5.74) is 0. The maximum absolute atomic E-state index is 13.5. The van der Waals surface area contributed by atoms with Crippen molar-refractivity contribution < 1.29 is 18.0 Å². The lowest BCUT2D eigenvalue weighted by Gasteiger charge is -2.51. The zero-order chi connectivity index (χ0) is 26.0. The number of aromatic nitrogens is 1. The molecule has 0 spiro atoms. The van der Waals surface area contributed by atoms with Gasteiger partial charge in [0, 0.05) is 57.0 Å². The molecule has 8 nitrogen and oxygen atoms in total. The summed E-state index contributed by atoms with van der Waals surface area (Å²) in [6, 6.07) is 3.70. The Balaban J connectivity index is 1.51. The van der Waals surface area contributed by atoms with Crippen molar-refractivity contribution in [3.63, 3.8) is 0 Å². The number of carbonyl (C=O) groups is 2. The molecule has 1 aromatic heterocycles. The van der Waals surface area contributed by atoms with Crippen molar-refractivity contribution in [2.75, 3.05) is 30.8 Å². The molecule has 3 saturated heterocycles. The standard InChI is InChI=1S/C27H42N4O4S/c1-18(2)23-10-8-19(3)12-27(33)31-16-20-13-21(24(31)6-5-7-26(32)29-23)17-30(15-20)25-11-9-22(14-28-25)36(4,34)35/h9,11,14,18-21,23-24H,5-8,10,12-13,15-17H2,1-4H3,(H,29,32)/t19-,20+,21+,23+,24+/m1/s1. The van der Waals surface area contributed by atoms with Crippen LogP contribution in [0.15, 0.2) is 23.2 Å². The minimum Gasteiger partial charge on any atom is -0.356 e. The van der Waals surface area contributed by atoms with Crippen LogP contribution in [0.1, 0.15) is 65.7 Å². The normalized spacial score (nSPS) is 30.6. The Bertz CT molecular complexity index is 1040. The van der Waals surface area contributed by atoms with Gasteiger partial charge in [0.1, 0.15) is 5.82 Å². The number of piperidine rings is 2. The molecule has 1 N–H and O–H groups in total. The van der Waals surface area contributed by atoms with E-state index in [-0.39, 0.29) is 34.7 Å². The van der Waals surface area contributed by atoms with E-state index in [0.29, 0.717) is 30.6 Å². The Morgan fingerprint density at radius 2 is 1.86 bits per heavy atom. The molecule has 9 heteroatoms. The molecule has 3 aliphatic rings. The van der Waals surface area contributed by atoms with Gasteiger partial charge in [-0.25, -0.2) is 13.4 Å². The lowest BCUT2D eigenvalue weighted by Crippen LogP contribution is -2.59. The number of carbonyl (C=O) groups excluding carboxylic acids is 2. The topological polar surface area (TPSA) is 99.7 Å². The lowest BCUT2D eigenvalue weighted by molar-refractivity contribution is -0.139. The fraction of sp³-hybridized carbons (Fsp3) is 0.741. The highest BCUT2D eigenvalue weighted by molar-refractivity contribution is 7.90. The van der Waals surface area contributed by atoms with E-state index in [1.54, 1.807) is 12.1 Å². The molecular formula is C27H42N4O4S. The van der Waals surface area contributed by atoms with E-state index < -0.39 is 9.84 Å². The van der Waals surface area contributed by atoms with Gasteiger partial charge in [0.2, 0.25) is 11.8 Å². The second-order valence-electron chi connectivity index (χ2n) is 11.7. The predicted octanol–water partition coefficient (Wildman–Crippen LogP) is 3.27. The summed E-state index contributed by atoms with van der Waals surface area (Å²) >= 11 is 0. The molecule has 3 aliphatic heterocycles. The van der Waals surface area contributed by atoms with Crippen LogP contribution in [0.3, 0.4) is 0 Å². The number of hydrogen-bond donors (Lipinski definition) is 1. The number of rotatable bonds is 3. The summed E-state index contributed by atoms with van der Waals surface area (Å²) in [7, 11) is -3.28. The van der Waals surface area contributed by atoms with E-state index >= 15 is 0 Å².